The van der Waals surface area contributed by atoms with Crippen molar-refractivity contribution in [2.45, 2.75) is 26.0 Å². The Hall–Kier alpha value is -1.06. The van der Waals surface area contributed by atoms with Gasteiger partial charge in [0.15, 0.2) is 0 Å². The van der Waals surface area contributed by atoms with Crippen molar-refractivity contribution >= 4 is 0 Å². The lowest BCUT2D eigenvalue weighted by molar-refractivity contribution is 0.171. The van der Waals surface area contributed by atoms with Crippen LogP contribution >= 0.6 is 0 Å². The third-order valence-electron chi connectivity index (χ3n) is 2.22. The molecule has 0 fully saturated rings. The summed E-state index contributed by atoms with van der Waals surface area (Å²) >= 11 is 0. The van der Waals surface area contributed by atoms with Crippen molar-refractivity contribution in [2.75, 3.05) is 13.7 Å². The van der Waals surface area contributed by atoms with Crippen molar-refractivity contribution in [3.63, 3.8) is 0 Å². The van der Waals surface area contributed by atoms with E-state index in [2.05, 4.69) is 19.2 Å². The SMILES string of the molecule is COc1ccc(C(O)CNC(C)C)cc1. The van der Waals surface area contributed by atoms with Crippen molar-refractivity contribution < 1.29 is 9.84 Å². The van der Waals surface area contributed by atoms with Crippen molar-refractivity contribution in [3.8, 4) is 5.75 Å². The molecule has 1 atom stereocenters. The van der Waals surface area contributed by atoms with Crippen LogP contribution in [0.25, 0.3) is 0 Å². The molecule has 0 aliphatic carbocycles. The maximum Gasteiger partial charge on any atom is 0.118 e. The molecule has 2 N–H and O–H groups in total. The van der Waals surface area contributed by atoms with E-state index in [0.29, 0.717) is 12.6 Å². The van der Waals surface area contributed by atoms with Gasteiger partial charge < -0.3 is 15.2 Å². The van der Waals surface area contributed by atoms with E-state index in [-0.39, 0.29) is 0 Å². The summed E-state index contributed by atoms with van der Waals surface area (Å²) in [5, 5.41) is 13.0. The first-order valence-electron chi connectivity index (χ1n) is 5.19. The van der Waals surface area contributed by atoms with E-state index in [1.54, 1.807) is 7.11 Å². The fourth-order valence-electron chi connectivity index (χ4n) is 1.29. The average molecular weight is 209 g/mol. The lowest BCUT2D eigenvalue weighted by Gasteiger charge is -2.14. The first-order chi connectivity index (χ1) is 7.13. The molecule has 84 valence electrons. The van der Waals surface area contributed by atoms with Gasteiger partial charge in [-0.05, 0) is 17.7 Å². The highest BCUT2D eigenvalue weighted by molar-refractivity contribution is 5.28. The van der Waals surface area contributed by atoms with Crippen LogP contribution in [0.2, 0.25) is 0 Å². The lowest BCUT2D eigenvalue weighted by Crippen LogP contribution is -2.27. The molecule has 0 aromatic heterocycles. The molecule has 1 rings (SSSR count). The zero-order valence-electron chi connectivity index (χ0n) is 9.53. The number of methoxy groups -OCH3 is 1. The van der Waals surface area contributed by atoms with Gasteiger partial charge in [-0.25, -0.2) is 0 Å². The van der Waals surface area contributed by atoms with Crippen LogP contribution in [0.5, 0.6) is 5.75 Å². The summed E-state index contributed by atoms with van der Waals surface area (Å²) in [6.07, 6.45) is -0.460. The molecule has 0 saturated carbocycles. The second kappa shape index (κ2) is 5.73. The Labute approximate surface area is 91.1 Å². The molecular formula is C12H19NO2. The predicted molar refractivity (Wildman–Crippen MR) is 61.1 cm³/mol. The van der Waals surface area contributed by atoms with Gasteiger partial charge in [-0.2, -0.15) is 0 Å². The topological polar surface area (TPSA) is 41.5 Å². The molecule has 0 saturated heterocycles. The Bertz CT molecular complexity index is 282. The van der Waals surface area contributed by atoms with Gasteiger partial charge in [-0.3, -0.25) is 0 Å². The predicted octanol–water partition coefficient (Wildman–Crippen LogP) is 1.73. The van der Waals surface area contributed by atoms with E-state index < -0.39 is 6.10 Å². The maximum atomic E-state index is 9.83. The number of aliphatic hydroxyl groups excluding tert-OH is 1. The fourth-order valence-corrected chi connectivity index (χ4v) is 1.29. The number of hydrogen-bond acceptors (Lipinski definition) is 3. The van der Waals surface area contributed by atoms with Crippen molar-refractivity contribution in [1.29, 1.82) is 0 Å². The fraction of sp³-hybridized carbons (Fsp3) is 0.500. The van der Waals surface area contributed by atoms with E-state index in [9.17, 15) is 5.11 Å². The molecule has 0 radical (unpaired) electrons. The molecule has 15 heavy (non-hydrogen) atoms. The van der Waals surface area contributed by atoms with Crippen LogP contribution in [0.4, 0.5) is 0 Å². The Morgan fingerprint density at radius 1 is 1.27 bits per heavy atom. The Morgan fingerprint density at radius 3 is 2.33 bits per heavy atom. The third kappa shape index (κ3) is 3.90. The molecule has 0 amide bonds. The number of rotatable bonds is 5. The van der Waals surface area contributed by atoms with Gasteiger partial charge in [0.1, 0.15) is 5.75 Å². The smallest absolute Gasteiger partial charge is 0.118 e. The molecule has 1 unspecified atom stereocenters. The first-order valence-corrected chi connectivity index (χ1v) is 5.19. The Morgan fingerprint density at radius 2 is 1.87 bits per heavy atom. The Kier molecular flexibility index (Phi) is 4.59. The standard InChI is InChI=1S/C12H19NO2/c1-9(2)13-8-12(14)10-4-6-11(15-3)7-5-10/h4-7,9,12-14H,8H2,1-3H3. The van der Waals surface area contributed by atoms with E-state index in [0.717, 1.165) is 11.3 Å². The van der Waals surface area contributed by atoms with Crippen LogP contribution in [-0.4, -0.2) is 24.8 Å². The number of nitrogens with one attached hydrogen (secondary N) is 1. The summed E-state index contributed by atoms with van der Waals surface area (Å²) in [7, 11) is 1.63. The van der Waals surface area contributed by atoms with Gasteiger partial charge in [0, 0.05) is 12.6 Å². The zero-order valence-corrected chi connectivity index (χ0v) is 9.53. The molecule has 1 aromatic carbocycles. The van der Waals surface area contributed by atoms with E-state index in [1.165, 1.54) is 0 Å². The van der Waals surface area contributed by atoms with Gasteiger partial charge in [0.05, 0.1) is 13.2 Å². The average Bonchev–Trinajstić information content (AvgIpc) is 2.26. The van der Waals surface area contributed by atoms with Crippen LogP contribution in [0.3, 0.4) is 0 Å². The Balaban J connectivity index is 2.54. The largest absolute Gasteiger partial charge is 0.497 e. The first kappa shape index (κ1) is 12.0. The quantitative estimate of drug-likeness (QED) is 0.776. The van der Waals surface area contributed by atoms with Crippen molar-refractivity contribution in [3.05, 3.63) is 29.8 Å². The summed E-state index contributed by atoms with van der Waals surface area (Å²) < 4.78 is 5.05. The van der Waals surface area contributed by atoms with Gasteiger partial charge >= 0.3 is 0 Å². The summed E-state index contributed by atoms with van der Waals surface area (Å²) in [6.45, 7) is 4.69. The summed E-state index contributed by atoms with van der Waals surface area (Å²) in [6, 6.07) is 7.86. The van der Waals surface area contributed by atoms with Gasteiger partial charge in [-0.15, -0.1) is 0 Å². The molecule has 0 bridgehead atoms. The van der Waals surface area contributed by atoms with Crippen molar-refractivity contribution in [1.82, 2.24) is 5.32 Å². The number of hydrogen-bond donors (Lipinski definition) is 2. The molecule has 1 aromatic rings. The van der Waals surface area contributed by atoms with E-state index in [4.69, 9.17) is 4.74 Å². The van der Waals surface area contributed by atoms with E-state index >= 15 is 0 Å². The number of aliphatic hydroxyl groups is 1. The van der Waals surface area contributed by atoms with Gasteiger partial charge in [0.25, 0.3) is 0 Å². The van der Waals surface area contributed by atoms with Crippen molar-refractivity contribution in [2.24, 2.45) is 0 Å². The second-order valence-corrected chi connectivity index (χ2v) is 3.85. The molecule has 0 spiro atoms. The highest BCUT2D eigenvalue weighted by Crippen LogP contribution is 2.16. The maximum absolute atomic E-state index is 9.83. The third-order valence-corrected chi connectivity index (χ3v) is 2.22. The van der Waals surface area contributed by atoms with Crippen LogP contribution in [0.15, 0.2) is 24.3 Å². The monoisotopic (exact) mass is 209 g/mol. The molecule has 3 nitrogen and oxygen atoms in total. The van der Waals surface area contributed by atoms with Crippen LogP contribution < -0.4 is 10.1 Å². The summed E-state index contributed by atoms with van der Waals surface area (Å²) in [5.74, 6) is 0.808. The minimum atomic E-state index is -0.460. The second-order valence-electron chi connectivity index (χ2n) is 3.85. The molecule has 0 aliphatic rings. The van der Waals surface area contributed by atoms with Crippen LogP contribution in [0, 0.1) is 0 Å². The summed E-state index contributed by atoms with van der Waals surface area (Å²) in [5.41, 5.74) is 0.906. The minimum Gasteiger partial charge on any atom is -0.497 e. The van der Waals surface area contributed by atoms with E-state index in [1.807, 2.05) is 24.3 Å². The minimum absolute atomic E-state index is 0.387. The highest BCUT2D eigenvalue weighted by atomic mass is 16.5. The normalized spacial score (nSPS) is 12.9. The highest BCUT2D eigenvalue weighted by Gasteiger charge is 2.07. The molecule has 3 heteroatoms. The number of ether oxygens (including phenoxy) is 1. The zero-order chi connectivity index (χ0) is 11.3. The summed E-state index contributed by atoms with van der Waals surface area (Å²) in [4.78, 5) is 0. The van der Waals surface area contributed by atoms with Crippen LogP contribution in [0.1, 0.15) is 25.5 Å². The van der Waals surface area contributed by atoms with Gasteiger partial charge in [0.2, 0.25) is 0 Å². The molecular weight excluding hydrogens is 190 g/mol. The number of benzene rings is 1. The van der Waals surface area contributed by atoms with Crippen LogP contribution in [-0.2, 0) is 0 Å². The molecule has 0 aliphatic heterocycles. The van der Waals surface area contributed by atoms with Gasteiger partial charge in [-0.1, -0.05) is 26.0 Å². The molecule has 0 heterocycles. The lowest BCUT2D eigenvalue weighted by atomic mass is 10.1.